The third-order valence-corrected chi connectivity index (χ3v) is 1.88. The van der Waals surface area contributed by atoms with Crippen LogP contribution in [0.15, 0.2) is 0 Å². The molecule has 6 heavy (non-hydrogen) atoms. The Morgan fingerprint density at radius 1 is 1.50 bits per heavy atom. The topological polar surface area (TPSA) is 0 Å². The Kier molecular flexibility index (Phi) is 1.36. The fraction of sp³-hybridized carbons (Fsp3) is 1.00. The summed E-state index contributed by atoms with van der Waals surface area (Å²) >= 11 is 5.50. The zero-order chi connectivity index (χ0) is 4.41. The van der Waals surface area contributed by atoms with Gasteiger partial charge in [-0.2, -0.15) is 0 Å². The standard InChI is InChI=1S/C5H9Cl/c6-4-5-2-1-3-5/h5H,1-4H2. The van der Waals surface area contributed by atoms with Gasteiger partial charge in [0.15, 0.2) is 0 Å². The van der Waals surface area contributed by atoms with Gasteiger partial charge in [0, 0.05) is 5.88 Å². The zero-order valence-corrected chi connectivity index (χ0v) is 4.54. The first kappa shape index (κ1) is 4.45. The van der Waals surface area contributed by atoms with E-state index in [0.717, 1.165) is 11.8 Å². The monoisotopic (exact) mass is 104 g/mol. The highest BCUT2D eigenvalue weighted by Crippen LogP contribution is 2.26. The smallest absolute Gasteiger partial charge is 0.0251 e. The van der Waals surface area contributed by atoms with E-state index in [0.29, 0.717) is 0 Å². The molecule has 0 aliphatic heterocycles. The molecule has 0 heterocycles. The van der Waals surface area contributed by atoms with Crippen LogP contribution in [0.2, 0.25) is 0 Å². The number of alkyl halides is 1. The lowest BCUT2D eigenvalue weighted by Gasteiger charge is -2.21. The molecule has 0 amide bonds. The first-order chi connectivity index (χ1) is 2.93. The van der Waals surface area contributed by atoms with E-state index in [4.69, 9.17) is 11.6 Å². The summed E-state index contributed by atoms with van der Waals surface area (Å²) in [5, 5.41) is 0. The summed E-state index contributed by atoms with van der Waals surface area (Å²) < 4.78 is 0. The van der Waals surface area contributed by atoms with Crippen LogP contribution in [0, 0.1) is 5.92 Å². The van der Waals surface area contributed by atoms with Crippen LogP contribution in [0.4, 0.5) is 0 Å². The minimum atomic E-state index is 0.881. The van der Waals surface area contributed by atoms with Crippen LogP contribution in [0.3, 0.4) is 0 Å². The Bertz CT molecular complexity index is 36.4. The maximum Gasteiger partial charge on any atom is 0.0251 e. The molecule has 0 N–H and O–H groups in total. The molecule has 1 heteroatoms. The van der Waals surface area contributed by atoms with Gasteiger partial charge < -0.3 is 0 Å². The molecule has 0 bridgehead atoms. The molecule has 1 rings (SSSR count). The van der Waals surface area contributed by atoms with Gasteiger partial charge in [0.1, 0.15) is 0 Å². The van der Waals surface area contributed by atoms with Crippen molar-refractivity contribution in [3.8, 4) is 0 Å². The van der Waals surface area contributed by atoms with Gasteiger partial charge >= 0.3 is 0 Å². The zero-order valence-electron chi connectivity index (χ0n) is 3.78. The van der Waals surface area contributed by atoms with E-state index in [9.17, 15) is 0 Å². The molecular formula is C5H9Cl. The Morgan fingerprint density at radius 2 is 2.17 bits per heavy atom. The largest absolute Gasteiger partial charge is 0.126 e. The third-order valence-electron chi connectivity index (χ3n) is 1.44. The second kappa shape index (κ2) is 1.83. The maximum absolute atomic E-state index is 5.50. The van der Waals surface area contributed by atoms with Crippen molar-refractivity contribution in [1.29, 1.82) is 0 Å². The number of hydrogen-bond donors (Lipinski definition) is 0. The van der Waals surface area contributed by atoms with Crippen molar-refractivity contribution >= 4 is 11.6 Å². The molecule has 0 atom stereocenters. The highest BCUT2D eigenvalue weighted by molar-refractivity contribution is 6.18. The van der Waals surface area contributed by atoms with Crippen LogP contribution in [-0.2, 0) is 0 Å². The SMILES string of the molecule is ClCC1CCC1. The van der Waals surface area contributed by atoms with Crippen LogP contribution in [-0.4, -0.2) is 5.88 Å². The predicted octanol–water partition coefficient (Wildman–Crippen LogP) is 2.03. The first-order valence-electron chi connectivity index (χ1n) is 2.49. The number of rotatable bonds is 1. The van der Waals surface area contributed by atoms with Crippen LogP contribution in [0.1, 0.15) is 19.3 Å². The van der Waals surface area contributed by atoms with E-state index in [-0.39, 0.29) is 0 Å². The summed E-state index contributed by atoms with van der Waals surface area (Å²) in [7, 11) is 0. The molecule has 1 aliphatic rings. The number of halogens is 1. The fourth-order valence-corrected chi connectivity index (χ4v) is 0.956. The van der Waals surface area contributed by atoms with Crippen molar-refractivity contribution < 1.29 is 0 Å². The first-order valence-corrected chi connectivity index (χ1v) is 3.03. The molecule has 0 aromatic carbocycles. The highest BCUT2D eigenvalue weighted by atomic mass is 35.5. The van der Waals surface area contributed by atoms with Crippen LogP contribution in [0.5, 0.6) is 0 Å². The summed E-state index contributed by atoms with van der Waals surface area (Å²) in [4.78, 5) is 0. The molecule has 0 saturated heterocycles. The van der Waals surface area contributed by atoms with Crippen molar-refractivity contribution in [1.82, 2.24) is 0 Å². The van der Waals surface area contributed by atoms with E-state index >= 15 is 0 Å². The van der Waals surface area contributed by atoms with Gasteiger partial charge in [0.25, 0.3) is 0 Å². The molecule has 36 valence electrons. The van der Waals surface area contributed by atoms with E-state index < -0.39 is 0 Å². The van der Waals surface area contributed by atoms with Crippen molar-refractivity contribution in [2.45, 2.75) is 19.3 Å². The van der Waals surface area contributed by atoms with Gasteiger partial charge in [-0.25, -0.2) is 0 Å². The van der Waals surface area contributed by atoms with Crippen LogP contribution >= 0.6 is 11.6 Å². The average Bonchev–Trinajstić information content (AvgIpc) is 1.31. The predicted molar refractivity (Wildman–Crippen MR) is 28.1 cm³/mol. The minimum absolute atomic E-state index is 0.881. The lowest BCUT2D eigenvalue weighted by Crippen LogP contribution is -2.11. The van der Waals surface area contributed by atoms with Crippen molar-refractivity contribution in [2.24, 2.45) is 5.92 Å². The molecule has 0 radical (unpaired) electrons. The Balaban J connectivity index is 2.01. The van der Waals surface area contributed by atoms with Gasteiger partial charge in [0.05, 0.1) is 0 Å². The second-order valence-corrected chi connectivity index (χ2v) is 2.26. The summed E-state index contributed by atoms with van der Waals surface area (Å²) in [6, 6.07) is 0. The normalized spacial score (nSPS) is 23.5. The Morgan fingerprint density at radius 3 is 2.17 bits per heavy atom. The van der Waals surface area contributed by atoms with Crippen LogP contribution < -0.4 is 0 Å². The van der Waals surface area contributed by atoms with E-state index in [1.54, 1.807) is 0 Å². The third kappa shape index (κ3) is 0.676. The molecule has 0 aromatic heterocycles. The average molecular weight is 105 g/mol. The lowest BCUT2D eigenvalue weighted by molar-refractivity contribution is 0.351. The quantitative estimate of drug-likeness (QED) is 0.447. The van der Waals surface area contributed by atoms with Gasteiger partial charge in [-0.05, 0) is 18.8 Å². The Labute approximate surface area is 43.5 Å². The van der Waals surface area contributed by atoms with Gasteiger partial charge in [-0.1, -0.05) is 6.42 Å². The molecule has 0 unspecified atom stereocenters. The molecule has 0 nitrogen and oxygen atoms in total. The lowest BCUT2D eigenvalue weighted by atomic mass is 9.87. The summed E-state index contributed by atoms with van der Waals surface area (Å²) in [5.41, 5.74) is 0. The van der Waals surface area contributed by atoms with E-state index in [1.807, 2.05) is 0 Å². The Hall–Kier alpha value is 0.290. The summed E-state index contributed by atoms with van der Waals surface area (Å²) in [6.45, 7) is 0. The molecule has 1 saturated carbocycles. The molecule has 1 fully saturated rings. The van der Waals surface area contributed by atoms with Crippen molar-refractivity contribution in [3.63, 3.8) is 0 Å². The van der Waals surface area contributed by atoms with Gasteiger partial charge in [-0.15, -0.1) is 11.6 Å². The second-order valence-electron chi connectivity index (χ2n) is 1.95. The molecule has 0 aromatic rings. The van der Waals surface area contributed by atoms with Gasteiger partial charge in [0.2, 0.25) is 0 Å². The summed E-state index contributed by atoms with van der Waals surface area (Å²) in [6.07, 6.45) is 4.17. The molecular weight excluding hydrogens is 95.5 g/mol. The molecule has 0 spiro atoms. The van der Waals surface area contributed by atoms with Gasteiger partial charge in [-0.3, -0.25) is 0 Å². The fourth-order valence-electron chi connectivity index (χ4n) is 0.647. The number of hydrogen-bond acceptors (Lipinski definition) is 0. The van der Waals surface area contributed by atoms with E-state index in [2.05, 4.69) is 0 Å². The summed E-state index contributed by atoms with van der Waals surface area (Å²) in [5.74, 6) is 1.77. The van der Waals surface area contributed by atoms with E-state index in [1.165, 1.54) is 19.3 Å². The van der Waals surface area contributed by atoms with Crippen molar-refractivity contribution in [2.75, 3.05) is 5.88 Å². The minimum Gasteiger partial charge on any atom is -0.126 e. The molecule has 1 aliphatic carbocycles. The van der Waals surface area contributed by atoms with Crippen LogP contribution in [0.25, 0.3) is 0 Å². The maximum atomic E-state index is 5.50. The highest BCUT2D eigenvalue weighted by Gasteiger charge is 2.14. The van der Waals surface area contributed by atoms with Crippen molar-refractivity contribution in [3.05, 3.63) is 0 Å².